The molecular weight excluding hydrogens is 339 g/mol. The molecule has 0 saturated carbocycles. The van der Waals surface area contributed by atoms with E-state index in [4.69, 9.17) is 11.6 Å². The zero-order valence-corrected chi connectivity index (χ0v) is 13.8. The molecule has 1 N–H and O–H groups in total. The molecule has 24 heavy (non-hydrogen) atoms. The Kier molecular flexibility index (Phi) is 5.34. The summed E-state index contributed by atoms with van der Waals surface area (Å²) in [7, 11) is 0. The maximum atomic E-state index is 12.8. The van der Waals surface area contributed by atoms with Crippen LogP contribution in [0.1, 0.15) is 22.3 Å². The van der Waals surface area contributed by atoms with Gasteiger partial charge in [0.1, 0.15) is 0 Å². The minimum atomic E-state index is -4.54. The third-order valence-electron chi connectivity index (χ3n) is 3.45. The van der Waals surface area contributed by atoms with Gasteiger partial charge in [0.05, 0.1) is 10.6 Å². The fourth-order valence-electron chi connectivity index (χ4n) is 2.21. The molecule has 0 atom stereocenters. The number of alkyl halides is 3. The number of nitrogens with one attached hydrogen (secondary N) is 1. The Labute approximate surface area is 142 Å². The maximum absolute atomic E-state index is 12.8. The van der Waals surface area contributed by atoms with E-state index in [9.17, 15) is 18.0 Å². The first-order valence-corrected chi connectivity index (χ1v) is 7.48. The summed E-state index contributed by atoms with van der Waals surface area (Å²) in [5.74, 6) is -0.420. The van der Waals surface area contributed by atoms with Crippen molar-refractivity contribution in [1.82, 2.24) is 0 Å². The van der Waals surface area contributed by atoms with E-state index in [0.717, 1.165) is 23.3 Å². The van der Waals surface area contributed by atoms with Crippen LogP contribution in [0.3, 0.4) is 0 Å². The number of carbonyl (C=O) groups is 1. The van der Waals surface area contributed by atoms with Crippen LogP contribution in [0.5, 0.6) is 0 Å². The van der Waals surface area contributed by atoms with E-state index in [2.05, 4.69) is 5.32 Å². The summed E-state index contributed by atoms with van der Waals surface area (Å²) in [6.45, 7) is 3.72. The van der Waals surface area contributed by atoms with Crippen molar-refractivity contribution in [1.29, 1.82) is 0 Å². The summed E-state index contributed by atoms with van der Waals surface area (Å²) in [5.41, 5.74) is 1.81. The van der Waals surface area contributed by atoms with Gasteiger partial charge in [0.25, 0.3) is 0 Å². The Morgan fingerprint density at radius 2 is 1.75 bits per heavy atom. The van der Waals surface area contributed by atoms with Crippen molar-refractivity contribution in [2.45, 2.75) is 20.0 Å². The molecule has 2 aromatic rings. The number of carbonyl (C=O) groups excluding carboxylic acids is 1. The van der Waals surface area contributed by atoms with Crippen LogP contribution < -0.4 is 5.32 Å². The molecule has 0 aromatic heterocycles. The van der Waals surface area contributed by atoms with E-state index < -0.39 is 17.6 Å². The summed E-state index contributed by atoms with van der Waals surface area (Å²) >= 11 is 5.56. The molecule has 0 fully saturated rings. The molecule has 2 aromatic carbocycles. The van der Waals surface area contributed by atoms with Gasteiger partial charge in [-0.1, -0.05) is 35.9 Å². The lowest BCUT2D eigenvalue weighted by molar-refractivity contribution is -0.137. The smallest absolute Gasteiger partial charge is 0.322 e. The molecule has 0 spiro atoms. The molecule has 0 aliphatic heterocycles. The Morgan fingerprint density at radius 3 is 2.33 bits per heavy atom. The minimum absolute atomic E-state index is 0.239. The topological polar surface area (TPSA) is 29.1 Å². The van der Waals surface area contributed by atoms with Crippen molar-refractivity contribution in [3.05, 3.63) is 69.8 Å². The van der Waals surface area contributed by atoms with Crippen molar-refractivity contribution >= 4 is 29.3 Å². The van der Waals surface area contributed by atoms with Crippen molar-refractivity contribution < 1.29 is 18.0 Å². The molecule has 126 valence electrons. The van der Waals surface area contributed by atoms with E-state index in [1.807, 2.05) is 32.0 Å². The fourth-order valence-corrected chi connectivity index (χ4v) is 2.44. The van der Waals surface area contributed by atoms with Crippen LogP contribution in [0.25, 0.3) is 6.08 Å². The number of amides is 1. The van der Waals surface area contributed by atoms with Gasteiger partial charge in [-0.25, -0.2) is 0 Å². The quantitative estimate of drug-likeness (QED) is 0.712. The molecule has 0 aliphatic carbocycles. The maximum Gasteiger partial charge on any atom is 0.417 e. The number of rotatable bonds is 3. The first-order chi connectivity index (χ1) is 11.2. The Balaban J connectivity index is 2.18. The highest BCUT2D eigenvalue weighted by atomic mass is 35.5. The second-order valence-corrected chi connectivity index (χ2v) is 5.73. The third kappa shape index (κ3) is 4.38. The minimum Gasteiger partial charge on any atom is -0.322 e. The summed E-state index contributed by atoms with van der Waals surface area (Å²) in [5, 5.41) is 2.36. The van der Waals surface area contributed by atoms with Crippen molar-refractivity contribution in [3.63, 3.8) is 0 Å². The molecule has 0 radical (unpaired) electrons. The van der Waals surface area contributed by atoms with Crippen LogP contribution in [0.15, 0.2) is 42.5 Å². The van der Waals surface area contributed by atoms with Gasteiger partial charge in [0, 0.05) is 11.8 Å². The molecule has 0 unspecified atom stereocenters. The Hall–Kier alpha value is -2.27. The molecule has 6 heteroatoms. The molecular formula is C18H15ClF3NO. The summed E-state index contributed by atoms with van der Waals surface area (Å²) < 4.78 is 38.4. The molecule has 2 nitrogen and oxygen atoms in total. The van der Waals surface area contributed by atoms with Gasteiger partial charge in [0.15, 0.2) is 0 Å². The van der Waals surface area contributed by atoms with Crippen molar-refractivity contribution in [2.24, 2.45) is 0 Å². The zero-order chi connectivity index (χ0) is 17.9. The van der Waals surface area contributed by atoms with Crippen LogP contribution in [0.2, 0.25) is 5.02 Å². The summed E-state index contributed by atoms with van der Waals surface area (Å²) in [4.78, 5) is 12.0. The highest BCUT2D eigenvalue weighted by Crippen LogP contribution is 2.35. The van der Waals surface area contributed by atoms with E-state index in [1.54, 1.807) is 0 Å². The van der Waals surface area contributed by atoms with Crippen LogP contribution >= 0.6 is 11.6 Å². The highest BCUT2D eigenvalue weighted by Gasteiger charge is 2.33. The number of anilines is 1. The fraction of sp³-hybridized carbons (Fsp3) is 0.167. The standard InChI is InChI=1S/C18H15ClF3NO/c1-11-4-3-5-12(2)17(11)23-16(24)9-7-13-6-8-15(19)14(10-13)18(20,21)22/h3-10H,1-2H3,(H,23,24)/b9-7+. The van der Waals surface area contributed by atoms with Gasteiger partial charge in [-0.05, 0) is 48.7 Å². The molecule has 1 amide bonds. The average Bonchev–Trinajstić information content (AvgIpc) is 2.49. The molecule has 2 rings (SSSR count). The number of hydrogen-bond donors (Lipinski definition) is 1. The lowest BCUT2D eigenvalue weighted by Gasteiger charge is -2.10. The van der Waals surface area contributed by atoms with Gasteiger partial charge < -0.3 is 5.32 Å². The predicted octanol–water partition coefficient (Wildman–Crippen LogP) is 5.63. The average molecular weight is 354 g/mol. The monoisotopic (exact) mass is 353 g/mol. The van der Waals surface area contributed by atoms with Crippen molar-refractivity contribution in [3.8, 4) is 0 Å². The van der Waals surface area contributed by atoms with Crippen LogP contribution in [-0.2, 0) is 11.0 Å². The number of para-hydroxylation sites is 1. The second-order valence-electron chi connectivity index (χ2n) is 5.33. The van der Waals surface area contributed by atoms with Gasteiger partial charge >= 0.3 is 6.18 Å². The van der Waals surface area contributed by atoms with Crippen LogP contribution in [-0.4, -0.2) is 5.91 Å². The normalized spacial score (nSPS) is 11.8. The molecule has 0 saturated heterocycles. The lowest BCUT2D eigenvalue weighted by atomic mass is 10.1. The van der Waals surface area contributed by atoms with Gasteiger partial charge in [-0.15, -0.1) is 0 Å². The highest BCUT2D eigenvalue weighted by molar-refractivity contribution is 6.31. The number of benzene rings is 2. The van der Waals surface area contributed by atoms with Gasteiger partial charge in [-0.3, -0.25) is 4.79 Å². The number of halogens is 4. The SMILES string of the molecule is Cc1cccc(C)c1NC(=O)/C=C/c1ccc(Cl)c(C(F)(F)F)c1. The Morgan fingerprint density at radius 1 is 1.12 bits per heavy atom. The van der Waals surface area contributed by atoms with E-state index in [0.29, 0.717) is 5.69 Å². The van der Waals surface area contributed by atoms with E-state index >= 15 is 0 Å². The predicted molar refractivity (Wildman–Crippen MR) is 90.0 cm³/mol. The second kappa shape index (κ2) is 7.09. The third-order valence-corrected chi connectivity index (χ3v) is 3.78. The van der Waals surface area contributed by atoms with Crippen LogP contribution in [0, 0.1) is 13.8 Å². The van der Waals surface area contributed by atoms with Crippen LogP contribution in [0.4, 0.5) is 18.9 Å². The first kappa shape index (κ1) is 18.1. The number of aryl methyl sites for hydroxylation is 2. The Bertz CT molecular complexity index is 777. The zero-order valence-electron chi connectivity index (χ0n) is 13.0. The molecule has 0 bridgehead atoms. The number of hydrogen-bond acceptors (Lipinski definition) is 1. The molecule has 0 heterocycles. The van der Waals surface area contributed by atoms with E-state index in [1.165, 1.54) is 18.2 Å². The molecule has 0 aliphatic rings. The largest absolute Gasteiger partial charge is 0.417 e. The summed E-state index contributed by atoms with van der Waals surface area (Å²) in [6.07, 6.45) is -2.04. The van der Waals surface area contributed by atoms with E-state index in [-0.39, 0.29) is 10.6 Å². The lowest BCUT2D eigenvalue weighted by Crippen LogP contribution is -2.10. The van der Waals surface area contributed by atoms with Gasteiger partial charge in [-0.2, -0.15) is 13.2 Å². The van der Waals surface area contributed by atoms with Crippen molar-refractivity contribution in [2.75, 3.05) is 5.32 Å². The summed E-state index contributed by atoms with van der Waals surface area (Å²) in [6, 6.07) is 9.09. The first-order valence-electron chi connectivity index (χ1n) is 7.10. The van der Waals surface area contributed by atoms with Gasteiger partial charge in [0.2, 0.25) is 5.91 Å².